The van der Waals surface area contributed by atoms with Crippen LogP contribution in [0.3, 0.4) is 0 Å². The molecule has 1 aliphatic heterocycles. The molecule has 0 radical (unpaired) electrons. The van der Waals surface area contributed by atoms with Crippen molar-refractivity contribution in [3.05, 3.63) is 82.7 Å². The molecular formula is C24H23BrN4O2. The summed E-state index contributed by atoms with van der Waals surface area (Å²) in [6, 6.07) is 15.2. The van der Waals surface area contributed by atoms with E-state index in [1.807, 2.05) is 41.3 Å². The molecule has 7 heteroatoms. The Kier molecular flexibility index (Phi) is 6.62. The van der Waals surface area contributed by atoms with Gasteiger partial charge in [-0.05, 0) is 64.2 Å². The normalized spacial score (nSPS) is 17.4. The summed E-state index contributed by atoms with van der Waals surface area (Å²) in [5, 5.41) is 2.91. The molecule has 1 fully saturated rings. The van der Waals surface area contributed by atoms with E-state index < -0.39 is 0 Å². The Morgan fingerprint density at radius 2 is 2.13 bits per heavy atom. The number of carbonyl (C=O) groups is 1. The second-order valence-corrected chi connectivity index (χ2v) is 8.39. The number of ether oxygens (including phenoxy) is 1. The lowest BCUT2D eigenvalue weighted by Crippen LogP contribution is -2.42. The Bertz CT molecular complexity index is 1070. The van der Waals surface area contributed by atoms with Gasteiger partial charge in [0.1, 0.15) is 5.75 Å². The third kappa shape index (κ3) is 5.70. The van der Waals surface area contributed by atoms with Gasteiger partial charge in [-0.25, -0.2) is 9.78 Å². The van der Waals surface area contributed by atoms with Crippen molar-refractivity contribution in [3.63, 3.8) is 0 Å². The number of anilines is 1. The Labute approximate surface area is 190 Å². The molecule has 2 aromatic heterocycles. The molecule has 3 aromatic rings. The number of hydrogen-bond acceptors (Lipinski definition) is 4. The van der Waals surface area contributed by atoms with E-state index in [1.165, 1.54) is 5.57 Å². The number of aromatic nitrogens is 2. The molecule has 0 saturated carbocycles. The average Bonchev–Trinajstić information content (AvgIpc) is 2.78. The molecule has 1 N–H and O–H groups in total. The molecular weight excluding hydrogens is 456 g/mol. The molecule has 0 aliphatic carbocycles. The predicted molar refractivity (Wildman–Crippen MR) is 125 cm³/mol. The van der Waals surface area contributed by atoms with Gasteiger partial charge < -0.3 is 15.0 Å². The van der Waals surface area contributed by atoms with Gasteiger partial charge in [0.25, 0.3) is 0 Å². The predicted octanol–water partition coefficient (Wildman–Crippen LogP) is 5.99. The number of likely N-dealkylation sites (tertiary alicyclic amines) is 1. The molecule has 4 rings (SSSR count). The minimum absolute atomic E-state index is 0.0868. The molecule has 1 saturated heterocycles. The van der Waals surface area contributed by atoms with Crippen LogP contribution in [-0.2, 0) is 0 Å². The maximum absolute atomic E-state index is 12.6. The molecule has 1 unspecified atom stereocenters. The second-order valence-electron chi connectivity index (χ2n) is 7.48. The summed E-state index contributed by atoms with van der Waals surface area (Å²) in [7, 11) is 0. The topological polar surface area (TPSA) is 67.4 Å². The molecule has 1 aromatic carbocycles. The zero-order chi connectivity index (χ0) is 21.6. The fourth-order valence-electron chi connectivity index (χ4n) is 3.51. The fourth-order valence-corrected chi connectivity index (χ4v) is 3.75. The van der Waals surface area contributed by atoms with Crippen LogP contribution in [0.1, 0.15) is 18.9 Å². The summed E-state index contributed by atoms with van der Waals surface area (Å²) in [5.74, 6) is 1.56. The highest BCUT2D eigenvalue weighted by Gasteiger charge is 2.24. The number of piperidine rings is 1. The summed E-state index contributed by atoms with van der Waals surface area (Å²) in [6.45, 7) is 3.51. The summed E-state index contributed by atoms with van der Waals surface area (Å²) in [4.78, 5) is 22.7. The fraction of sp³-hybridized carbons (Fsp3) is 0.208. The highest BCUT2D eigenvalue weighted by molar-refractivity contribution is 9.10. The van der Waals surface area contributed by atoms with Crippen LogP contribution in [0.25, 0.3) is 6.08 Å². The smallest absolute Gasteiger partial charge is 0.321 e. The van der Waals surface area contributed by atoms with Gasteiger partial charge in [0, 0.05) is 36.0 Å². The number of nitrogens with one attached hydrogen (secondary N) is 1. The molecule has 0 bridgehead atoms. The molecule has 0 spiro atoms. The van der Waals surface area contributed by atoms with Crippen molar-refractivity contribution >= 4 is 33.7 Å². The third-order valence-corrected chi connectivity index (χ3v) is 5.60. The van der Waals surface area contributed by atoms with Gasteiger partial charge in [-0.15, -0.1) is 0 Å². The van der Waals surface area contributed by atoms with E-state index >= 15 is 0 Å². The average molecular weight is 479 g/mol. The molecule has 31 heavy (non-hydrogen) atoms. The van der Waals surface area contributed by atoms with E-state index in [4.69, 9.17) is 4.74 Å². The quantitative estimate of drug-likeness (QED) is 0.499. The van der Waals surface area contributed by atoms with Crippen molar-refractivity contribution < 1.29 is 9.53 Å². The monoisotopic (exact) mass is 478 g/mol. The van der Waals surface area contributed by atoms with Crippen molar-refractivity contribution in [2.45, 2.75) is 13.3 Å². The number of pyridine rings is 2. The van der Waals surface area contributed by atoms with Gasteiger partial charge in [-0.1, -0.05) is 30.7 Å². The van der Waals surface area contributed by atoms with Crippen LogP contribution in [0.2, 0.25) is 0 Å². The lowest BCUT2D eigenvalue weighted by Gasteiger charge is -2.33. The minimum atomic E-state index is -0.0868. The summed E-state index contributed by atoms with van der Waals surface area (Å²) in [5.41, 5.74) is 3.10. The molecule has 1 atom stereocenters. The number of urea groups is 1. The maximum atomic E-state index is 12.6. The summed E-state index contributed by atoms with van der Waals surface area (Å²) >= 11 is 3.38. The van der Waals surface area contributed by atoms with Crippen molar-refractivity contribution in [3.8, 4) is 11.6 Å². The number of carbonyl (C=O) groups excluding carboxylic acids is 1. The Balaban J connectivity index is 1.39. The first-order valence-corrected chi connectivity index (χ1v) is 10.9. The lowest BCUT2D eigenvalue weighted by atomic mass is 9.91. The maximum Gasteiger partial charge on any atom is 0.321 e. The van der Waals surface area contributed by atoms with Crippen LogP contribution in [0, 0.1) is 5.92 Å². The number of benzene rings is 1. The molecule has 1 aliphatic rings. The Morgan fingerprint density at radius 3 is 2.87 bits per heavy atom. The number of halogens is 1. The van der Waals surface area contributed by atoms with E-state index in [9.17, 15) is 4.79 Å². The highest BCUT2D eigenvalue weighted by Crippen LogP contribution is 2.27. The standard InChI is InChI=1S/C24H23BrN4O2/c1-17-16-29(24(30)28-21-5-3-10-26-15-21)11-9-19(17)12-18-4-2-6-22(13-18)31-23-8-7-20(25)14-27-23/h2-8,10,12-15,17H,9,11,16H2,1H3,(H,28,30)/b19-12+. The van der Waals surface area contributed by atoms with Crippen LogP contribution in [0.15, 0.2) is 77.2 Å². The number of nitrogens with zero attached hydrogens (tertiary/aromatic N) is 3. The zero-order valence-electron chi connectivity index (χ0n) is 17.2. The number of amides is 2. The van der Waals surface area contributed by atoms with Gasteiger partial charge in [0.2, 0.25) is 5.88 Å². The molecule has 6 nitrogen and oxygen atoms in total. The second kappa shape index (κ2) is 9.75. The third-order valence-electron chi connectivity index (χ3n) is 5.13. The largest absolute Gasteiger partial charge is 0.439 e. The van der Waals surface area contributed by atoms with Crippen LogP contribution in [0.4, 0.5) is 10.5 Å². The molecule has 3 heterocycles. The minimum Gasteiger partial charge on any atom is -0.439 e. The summed E-state index contributed by atoms with van der Waals surface area (Å²) < 4.78 is 6.78. The first kappa shape index (κ1) is 21.1. The van der Waals surface area contributed by atoms with Crippen molar-refractivity contribution in [2.75, 3.05) is 18.4 Å². The zero-order valence-corrected chi connectivity index (χ0v) is 18.7. The van der Waals surface area contributed by atoms with Crippen LogP contribution in [0.5, 0.6) is 11.6 Å². The first-order valence-electron chi connectivity index (χ1n) is 10.1. The van der Waals surface area contributed by atoms with Crippen molar-refractivity contribution in [1.29, 1.82) is 0 Å². The highest BCUT2D eigenvalue weighted by atomic mass is 79.9. The number of hydrogen-bond donors (Lipinski definition) is 1. The van der Waals surface area contributed by atoms with E-state index in [-0.39, 0.29) is 11.9 Å². The van der Waals surface area contributed by atoms with Crippen molar-refractivity contribution in [1.82, 2.24) is 14.9 Å². The SMILES string of the molecule is CC1CN(C(=O)Nc2cccnc2)CC/C1=C\c1cccc(Oc2ccc(Br)cn2)c1. The van der Waals surface area contributed by atoms with E-state index in [0.717, 1.165) is 22.2 Å². The van der Waals surface area contributed by atoms with Crippen LogP contribution >= 0.6 is 15.9 Å². The number of rotatable bonds is 4. The Morgan fingerprint density at radius 1 is 1.23 bits per heavy atom. The van der Waals surface area contributed by atoms with Gasteiger partial charge in [0.15, 0.2) is 0 Å². The van der Waals surface area contributed by atoms with Crippen molar-refractivity contribution in [2.24, 2.45) is 5.92 Å². The Hall–Kier alpha value is -3.19. The van der Waals surface area contributed by atoms with Gasteiger partial charge in [-0.3, -0.25) is 4.98 Å². The molecule has 2 amide bonds. The first-order chi connectivity index (χ1) is 15.1. The van der Waals surface area contributed by atoms with Gasteiger partial charge in [-0.2, -0.15) is 0 Å². The van der Waals surface area contributed by atoms with E-state index in [1.54, 1.807) is 24.7 Å². The van der Waals surface area contributed by atoms with Gasteiger partial charge >= 0.3 is 6.03 Å². The summed E-state index contributed by atoms with van der Waals surface area (Å²) in [6.07, 6.45) is 8.07. The van der Waals surface area contributed by atoms with Crippen LogP contribution in [-0.4, -0.2) is 34.0 Å². The lowest BCUT2D eigenvalue weighted by molar-refractivity contribution is 0.198. The van der Waals surface area contributed by atoms with E-state index in [2.05, 4.69) is 50.3 Å². The van der Waals surface area contributed by atoms with E-state index in [0.29, 0.717) is 24.7 Å². The van der Waals surface area contributed by atoms with Gasteiger partial charge in [0.05, 0.1) is 11.9 Å². The molecule has 158 valence electrons. The van der Waals surface area contributed by atoms with Crippen LogP contribution < -0.4 is 10.1 Å².